The van der Waals surface area contributed by atoms with Gasteiger partial charge in [0.1, 0.15) is 0 Å². The fourth-order valence-electron chi connectivity index (χ4n) is 4.29. The zero-order chi connectivity index (χ0) is 18.8. The van der Waals surface area contributed by atoms with Gasteiger partial charge in [-0.05, 0) is 68.9 Å². The molecule has 146 valence electrons. The summed E-state index contributed by atoms with van der Waals surface area (Å²) in [5, 5.41) is 6.47. The van der Waals surface area contributed by atoms with Crippen molar-refractivity contribution in [2.24, 2.45) is 11.8 Å². The van der Waals surface area contributed by atoms with E-state index in [1.807, 2.05) is 31.2 Å². The van der Waals surface area contributed by atoms with Crippen molar-refractivity contribution in [3.8, 4) is 0 Å². The second-order valence-electron chi connectivity index (χ2n) is 8.61. The highest BCUT2D eigenvalue weighted by Crippen LogP contribution is 2.44. The molecule has 4 rings (SSSR count). The van der Waals surface area contributed by atoms with Gasteiger partial charge in [-0.1, -0.05) is 18.2 Å². The van der Waals surface area contributed by atoms with Gasteiger partial charge in [0.15, 0.2) is 0 Å². The molecule has 2 amide bonds. The quantitative estimate of drug-likeness (QED) is 0.776. The van der Waals surface area contributed by atoms with Gasteiger partial charge in [-0.3, -0.25) is 14.5 Å². The lowest BCUT2D eigenvalue weighted by Gasteiger charge is -2.32. The van der Waals surface area contributed by atoms with E-state index in [2.05, 4.69) is 15.5 Å². The highest BCUT2D eigenvalue weighted by atomic mass is 16.2. The molecule has 27 heavy (non-hydrogen) atoms. The standard InChI is InChI=1S/C22H31N3O2/c1-15-4-2-3-5-19(15)22(27)23-18-10-12-25(13-11-18)14-20(26)24-21(16-6-7-16)17-8-9-17/h2-5,16-18,21H,6-14H2,1H3,(H,23,27)(H,24,26). The third-order valence-electron chi connectivity index (χ3n) is 6.27. The van der Waals surface area contributed by atoms with Gasteiger partial charge in [0.25, 0.3) is 5.91 Å². The van der Waals surface area contributed by atoms with E-state index in [0.717, 1.165) is 48.9 Å². The number of nitrogens with zero attached hydrogens (tertiary/aromatic N) is 1. The van der Waals surface area contributed by atoms with Crippen LogP contribution in [-0.4, -0.2) is 48.4 Å². The Bertz CT molecular complexity index is 677. The largest absolute Gasteiger partial charge is 0.352 e. The molecule has 1 heterocycles. The van der Waals surface area contributed by atoms with Gasteiger partial charge >= 0.3 is 0 Å². The molecular formula is C22H31N3O2. The lowest BCUT2D eigenvalue weighted by atomic mass is 10.0. The maximum atomic E-state index is 12.5. The van der Waals surface area contributed by atoms with Crippen molar-refractivity contribution >= 4 is 11.8 Å². The van der Waals surface area contributed by atoms with Crippen LogP contribution >= 0.6 is 0 Å². The highest BCUT2D eigenvalue weighted by Gasteiger charge is 2.42. The maximum Gasteiger partial charge on any atom is 0.251 e. The second-order valence-corrected chi connectivity index (χ2v) is 8.61. The van der Waals surface area contributed by atoms with Crippen molar-refractivity contribution < 1.29 is 9.59 Å². The van der Waals surface area contributed by atoms with Gasteiger partial charge in [0.05, 0.1) is 6.54 Å². The molecule has 0 aromatic heterocycles. The molecule has 0 radical (unpaired) electrons. The molecule has 0 unspecified atom stereocenters. The van der Waals surface area contributed by atoms with Crippen LogP contribution in [0.5, 0.6) is 0 Å². The molecule has 5 heteroatoms. The summed E-state index contributed by atoms with van der Waals surface area (Å²) in [4.78, 5) is 27.1. The number of carbonyl (C=O) groups excluding carboxylic acids is 2. The van der Waals surface area contributed by atoms with Crippen molar-refractivity contribution in [1.29, 1.82) is 0 Å². The molecule has 3 aliphatic rings. The smallest absolute Gasteiger partial charge is 0.251 e. The Labute approximate surface area is 161 Å². The summed E-state index contributed by atoms with van der Waals surface area (Å²) in [5.41, 5.74) is 1.76. The lowest BCUT2D eigenvalue weighted by molar-refractivity contribution is -0.123. The first-order valence-electron chi connectivity index (χ1n) is 10.5. The van der Waals surface area contributed by atoms with Gasteiger partial charge in [-0.15, -0.1) is 0 Å². The molecule has 5 nitrogen and oxygen atoms in total. The Kier molecular flexibility index (Phi) is 5.48. The van der Waals surface area contributed by atoms with Crippen molar-refractivity contribution in [2.75, 3.05) is 19.6 Å². The van der Waals surface area contributed by atoms with Crippen LogP contribution in [0.1, 0.15) is 54.4 Å². The molecule has 1 saturated heterocycles. The van der Waals surface area contributed by atoms with Crippen molar-refractivity contribution in [3.63, 3.8) is 0 Å². The van der Waals surface area contributed by atoms with Crippen LogP contribution in [0.15, 0.2) is 24.3 Å². The zero-order valence-electron chi connectivity index (χ0n) is 16.2. The number of amides is 2. The van der Waals surface area contributed by atoms with Crippen molar-refractivity contribution in [1.82, 2.24) is 15.5 Å². The Morgan fingerprint density at radius 3 is 2.26 bits per heavy atom. The summed E-state index contributed by atoms with van der Waals surface area (Å²) in [6.07, 6.45) is 6.95. The maximum absolute atomic E-state index is 12.5. The number of carbonyl (C=O) groups is 2. The van der Waals surface area contributed by atoms with E-state index in [-0.39, 0.29) is 17.9 Å². The summed E-state index contributed by atoms with van der Waals surface area (Å²) < 4.78 is 0. The monoisotopic (exact) mass is 369 g/mol. The summed E-state index contributed by atoms with van der Waals surface area (Å²) >= 11 is 0. The van der Waals surface area contributed by atoms with E-state index >= 15 is 0 Å². The Morgan fingerprint density at radius 2 is 1.67 bits per heavy atom. The first kappa shape index (κ1) is 18.5. The number of hydrogen-bond acceptors (Lipinski definition) is 3. The van der Waals surface area contributed by atoms with Gasteiger partial charge in [-0.2, -0.15) is 0 Å². The molecule has 1 aromatic rings. The Hall–Kier alpha value is -1.88. The fourth-order valence-corrected chi connectivity index (χ4v) is 4.29. The minimum atomic E-state index is 0.0148. The minimum absolute atomic E-state index is 0.0148. The number of piperidine rings is 1. The molecule has 2 saturated carbocycles. The second kappa shape index (κ2) is 8.01. The molecule has 1 aliphatic heterocycles. The molecule has 2 N–H and O–H groups in total. The van der Waals surface area contributed by atoms with Crippen LogP contribution in [0.4, 0.5) is 0 Å². The average Bonchev–Trinajstić information content (AvgIpc) is 3.55. The molecule has 1 aromatic carbocycles. The minimum Gasteiger partial charge on any atom is -0.352 e. The van der Waals surface area contributed by atoms with Crippen LogP contribution in [0, 0.1) is 18.8 Å². The van der Waals surface area contributed by atoms with Gasteiger partial charge < -0.3 is 10.6 Å². The number of nitrogens with one attached hydrogen (secondary N) is 2. The predicted octanol–water partition coefficient (Wildman–Crippen LogP) is 2.49. The van der Waals surface area contributed by atoms with E-state index < -0.39 is 0 Å². The van der Waals surface area contributed by atoms with E-state index in [9.17, 15) is 9.59 Å². The van der Waals surface area contributed by atoms with Crippen LogP contribution in [0.2, 0.25) is 0 Å². The summed E-state index contributed by atoms with van der Waals surface area (Å²) in [7, 11) is 0. The summed E-state index contributed by atoms with van der Waals surface area (Å²) in [6, 6.07) is 8.32. The third kappa shape index (κ3) is 4.89. The first-order valence-corrected chi connectivity index (χ1v) is 10.5. The fraction of sp³-hybridized carbons (Fsp3) is 0.636. The van der Waals surface area contributed by atoms with Crippen molar-refractivity contribution in [3.05, 3.63) is 35.4 Å². The number of hydrogen-bond donors (Lipinski definition) is 2. The van der Waals surface area contributed by atoms with E-state index in [1.54, 1.807) is 0 Å². The molecule has 3 fully saturated rings. The molecule has 2 aliphatic carbocycles. The van der Waals surface area contributed by atoms with Crippen LogP contribution < -0.4 is 10.6 Å². The lowest BCUT2D eigenvalue weighted by Crippen LogP contribution is -2.49. The van der Waals surface area contributed by atoms with E-state index in [0.29, 0.717) is 12.6 Å². The molecule has 0 bridgehead atoms. The van der Waals surface area contributed by atoms with Crippen LogP contribution in [-0.2, 0) is 4.79 Å². The zero-order valence-corrected chi connectivity index (χ0v) is 16.2. The molecule has 0 atom stereocenters. The Morgan fingerprint density at radius 1 is 1.04 bits per heavy atom. The SMILES string of the molecule is Cc1ccccc1C(=O)NC1CCN(CC(=O)NC(C2CC2)C2CC2)CC1. The predicted molar refractivity (Wildman–Crippen MR) is 105 cm³/mol. The van der Waals surface area contributed by atoms with Crippen LogP contribution in [0.3, 0.4) is 0 Å². The third-order valence-corrected chi connectivity index (χ3v) is 6.27. The van der Waals surface area contributed by atoms with Crippen molar-refractivity contribution in [2.45, 2.75) is 57.5 Å². The number of aryl methyl sites for hydroxylation is 1. The summed E-state index contributed by atoms with van der Waals surface area (Å²) in [5.74, 6) is 1.68. The topological polar surface area (TPSA) is 61.4 Å². The van der Waals surface area contributed by atoms with Gasteiger partial charge in [0.2, 0.25) is 5.91 Å². The van der Waals surface area contributed by atoms with E-state index in [4.69, 9.17) is 0 Å². The number of rotatable bonds is 7. The number of benzene rings is 1. The van der Waals surface area contributed by atoms with Crippen LogP contribution in [0.25, 0.3) is 0 Å². The van der Waals surface area contributed by atoms with E-state index in [1.165, 1.54) is 25.7 Å². The highest BCUT2D eigenvalue weighted by molar-refractivity contribution is 5.95. The normalized spacial score (nSPS) is 21.3. The molecular weight excluding hydrogens is 338 g/mol. The van der Waals surface area contributed by atoms with Gasteiger partial charge in [-0.25, -0.2) is 0 Å². The first-order chi connectivity index (χ1) is 13.1. The average molecular weight is 370 g/mol. The Balaban J connectivity index is 1.20. The number of likely N-dealkylation sites (tertiary alicyclic amines) is 1. The summed E-state index contributed by atoms with van der Waals surface area (Å²) in [6.45, 7) is 4.19. The van der Waals surface area contributed by atoms with Gasteiger partial charge in [0, 0.05) is 30.7 Å². The molecule has 0 spiro atoms.